The van der Waals surface area contributed by atoms with Gasteiger partial charge in [0.1, 0.15) is 6.10 Å². The second kappa shape index (κ2) is 5.61. The highest BCUT2D eigenvalue weighted by molar-refractivity contribution is 4.69. The minimum Gasteiger partial charge on any atom is -0.375 e. The van der Waals surface area contributed by atoms with Crippen LogP contribution >= 0.6 is 0 Å². The molecule has 1 saturated heterocycles. The molecule has 1 fully saturated rings. The number of ether oxygens (including phenoxy) is 2. The molecule has 0 spiro atoms. The van der Waals surface area contributed by atoms with Crippen molar-refractivity contribution in [3.8, 4) is 0 Å². The number of epoxide rings is 1. The summed E-state index contributed by atoms with van der Waals surface area (Å²) in [5.74, 6) is 0.679. The standard InChI is InChI=1S/C11H22O2/c1-4-5-6-9(2)10(3)12-7-11-8-13-11/h9-11H,4-8H2,1-3H3. The Kier molecular flexibility index (Phi) is 4.74. The zero-order chi connectivity index (χ0) is 9.68. The number of unbranched alkanes of at least 4 members (excludes halogenated alkanes) is 1. The molecule has 3 atom stereocenters. The lowest BCUT2D eigenvalue weighted by Gasteiger charge is -2.19. The molecule has 0 N–H and O–H groups in total. The number of hydrogen-bond acceptors (Lipinski definition) is 2. The maximum Gasteiger partial charge on any atom is 0.104 e. The molecule has 2 heteroatoms. The normalized spacial score (nSPS) is 25.6. The van der Waals surface area contributed by atoms with E-state index in [9.17, 15) is 0 Å². The van der Waals surface area contributed by atoms with E-state index in [4.69, 9.17) is 9.47 Å². The van der Waals surface area contributed by atoms with E-state index in [1.165, 1.54) is 19.3 Å². The third-order valence-electron chi connectivity index (χ3n) is 2.76. The molecule has 1 aliphatic rings. The fourth-order valence-electron chi connectivity index (χ4n) is 1.35. The Morgan fingerprint density at radius 1 is 1.46 bits per heavy atom. The highest BCUT2D eigenvalue weighted by Gasteiger charge is 2.24. The molecule has 1 rings (SSSR count). The summed E-state index contributed by atoms with van der Waals surface area (Å²) in [6.07, 6.45) is 4.66. The molecule has 3 unspecified atom stereocenters. The fraction of sp³-hybridized carbons (Fsp3) is 1.00. The first-order valence-electron chi connectivity index (χ1n) is 5.47. The van der Waals surface area contributed by atoms with Crippen LogP contribution in [-0.4, -0.2) is 25.4 Å². The summed E-state index contributed by atoms with van der Waals surface area (Å²) in [4.78, 5) is 0. The number of hydrogen-bond donors (Lipinski definition) is 0. The lowest BCUT2D eigenvalue weighted by molar-refractivity contribution is 0.0187. The van der Waals surface area contributed by atoms with E-state index in [1.807, 2.05) is 0 Å². The van der Waals surface area contributed by atoms with Gasteiger partial charge in [-0.1, -0.05) is 26.7 Å². The lowest BCUT2D eigenvalue weighted by atomic mass is 9.99. The van der Waals surface area contributed by atoms with E-state index in [2.05, 4.69) is 20.8 Å². The highest BCUT2D eigenvalue weighted by atomic mass is 16.6. The molecule has 0 radical (unpaired) electrons. The Labute approximate surface area is 81.6 Å². The van der Waals surface area contributed by atoms with E-state index in [0.717, 1.165) is 13.2 Å². The Morgan fingerprint density at radius 3 is 2.69 bits per heavy atom. The molecule has 1 aliphatic heterocycles. The molecule has 0 aliphatic carbocycles. The van der Waals surface area contributed by atoms with Gasteiger partial charge in [-0.25, -0.2) is 0 Å². The summed E-state index contributed by atoms with van der Waals surface area (Å²) in [6.45, 7) is 8.36. The van der Waals surface area contributed by atoms with Crippen molar-refractivity contribution in [1.82, 2.24) is 0 Å². The maximum atomic E-state index is 5.70. The molecule has 0 aromatic rings. The molecule has 13 heavy (non-hydrogen) atoms. The van der Waals surface area contributed by atoms with E-state index in [1.54, 1.807) is 0 Å². The fourth-order valence-corrected chi connectivity index (χ4v) is 1.35. The molecule has 2 nitrogen and oxygen atoms in total. The minimum atomic E-state index is 0.385. The van der Waals surface area contributed by atoms with Crippen molar-refractivity contribution in [2.75, 3.05) is 13.2 Å². The highest BCUT2D eigenvalue weighted by Crippen LogP contribution is 2.17. The van der Waals surface area contributed by atoms with Crippen LogP contribution in [-0.2, 0) is 9.47 Å². The second-order valence-electron chi connectivity index (χ2n) is 4.11. The average Bonchev–Trinajstić information content (AvgIpc) is 2.93. The summed E-state index contributed by atoms with van der Waals surface area (Å²) in [7, 11) is 0. The van der Waals surface area contributed by atoms with Gasteiger partial charge in [-0.15, -0.1) is 0 Å². The minimum absolute atomic E-state index is 0.385. The summed E-state index contributed by atoms with van der Waals surface area (Å²) in [6, 6.07) is 0. The predicted octanol–water partition coefficient (Wildman–Crippen LogP) is 2.62. The van der Waals surface area contributed by atoms with Crippen LogP contribution in [0.4, 0.5) is 0 Å². The Hall–Kier alpha value is -0.0800. The van der Waals surface area contributed by atoms with Crippen molar-refractivity contribution in [1.29, 1.82) is 0 Å². The zero-order valence-electron chi connectivity index (χ0n) is 9.08. The van der Waals surface area contributed by atoms with E-state index < -0.39 is 0 Å². The van der Waals surface area contributed by atoms with E-state index in [0.29, 0.717) is 18.1 Å². The van der Waals surface area contributed by atoms with Crippen LogP contribution in [0.15, 0.2) is 0 Å². The summed E-state index contributed by atoms with van der Waals surface area (Å²) in [5, 5.41) is 0. The lowest BCUT2D eigenvalue weighted by Crippen LogP contribution is -2.20. The summed E-state index contributed by atoms with van der Waals surface area (Å²) >= 11 is 0. The quantitative estimate of drug-likeness (QED) is 0.570. The van der Waals surface area contributed by atoms with E-state index >= 15 is 0 Å². The molecule has 0 amide bonds. The Balaban J connectivity index is 2.01. The van der Waals surface area contributed by atoms with Gasteiger partial charge >= 0.3 is 0 Å². The Morgan fingerprint density at radius 2 is 2.15 bits per heavy atom. The third-order valence-corrected chi connectivity index (χ3v) is 2.76. The van der Waals surface area contributed by atoms with E-state index in [-0.39, 0.29) is 0 Å². The largest absolute Gasteiger partial charge is 0.375 e. The first-order valence-corrected chi connectivity index (χ1v) is 5.47. The molecule has 78 valence electrons. The molecule has 1 heterocycles. The van der Waals surface area contributed by atoms with Gasteiger partial charge in [-0.3, -0.25) is 0 Å². The molecule has 0 aromatic carbocycles. The van der Waals surface area contributed by atoms with Crippen molar-refractivity contribution < 1.29 is 9.47 Å². The molecular weight excluding hydrogens is 164 g/mol. The topological polar surface area (TPSA) is 21.8 Å². The van der Waals surface area contributed by atoms with Crippen LogP contribution in [0, 0.1) is 5.92 Å². The predicted molar refractivity (Wildman–Crippen MR) is 53.8 cm³/mol. The van der Waals surface area contributed by atoms with Crippen molar-refractivity contribution in [2.45, 2.75) is 52.2 Å². The van der Waals surface area contributed by atoms with Gasteiger partial charge in [0.25, 0.3) is 0 Å². The van der Waals surface area contributed by atoms with Crippen LogP contribution in [0.2, 0.25) is 0 Å². The van der Waals surface area contributed by atoms with Crippen LogP contribution in [0.5, 0.6) is 0 Å². The van der Waals surface area contributed by atoms with Gasteiger partial charge in [0, 0.05) is 0 Å². The molecular formula is C11H22O2. The molecule has 0 saturated carbocycles. The zero-order valence-corrected chi connectivity index (χ0v) is 9.08. The van der Waals surface area contributed by atoms with Crippen LogP contribution in [0.1, 0.15) is 40.0 Å². The van der Waals surface area contributed by atoms with Gasteiger partial charge in [-0.05, 0) is 19.3 Å². The van der Waals surface area contributed by atoms with Gasteiger partial charge in [0.15, 0.2) is 0 Å². The monoisotopic (exact) mass is 186 g/mol. The average molecular weight is 186 g/mol. The SMILES string of the molecule is CCCCC(C)C(C)OCC1CO1. The Bertz CT molecular complexity index is 132. The van der Waals surface area contributed by atoms with Crippen molar-refractivity contribution >= 4 is 0 Å². The van der Waals surface area contributed by atoms with Crippen molar-refractivity contribution in [2.24, 2.45) is 5.92 Å². The van der Waals surface area contributed by atoms with Crippen molar-refractivity contribution in [3.05, 3.63) is 0 Å². The number of rotatable bonds is 7. The summed E-state index contributed by atoms with van der Waals surface area (Å²) < 4.78 is 10.8. The van der Waals surface area contributed by atoms with Crippen LogP contribution in [0.3, 0.4) is 0 Å². The third kappa shape index (κ3) is 4.63. The maximum absolute atomic E-state index is 5.70. The van der Waals surface area contributed by atoms with Crippen molar-refractivity contribution in [3.63, 3.8) is 0 Å². The van der Waals surface area contributed by atoms with Gasteiger partial charge < -0.3 is 9.47 Å². The van der Waals surface area contributed by atoms with Crippen LogP contribution in [0.25, 0.3) is 0 Å². The second-order valence-corrected chi connectivity index (χ2v) is 4.11. The summed E-state index contributed by atoms with van der Waals surface area (Å²) in [5.41, 5.74) is 0. The van der Waals surface area contributed by atoms with Gasteiger partial charge in [-0.2, -0.15) is 0 Å². The first kappa shape index (κ1) is 11.0. The van der Waals surface area contributed by atoms with Gasteiger partial charge in [0.05, 0.1) is 19.3 Å². The van der Waals surface area contributed by atoms with Gasteiger partial charge in [0.2, 0.25) is 0 Å². The molecule has 0 bridgehead atoms. The van der Waals surface area contributed by atoms with Crippen LogP contribution < -0.4 is 0 Å². The molecule has 0 aromatic heterocycles. The smallest absolute Gasteiger partial charge is 0.104 e. The first-order chi connectivity index (χ1) is 6.24.